The average molecular weight is 311 g/mol. The van der Waals surface area contributed by atoms with Crippen LogP contribution in [0.3, 0.4) is 0 Å². The van der Waals surface area contributed by atoms with E-state index in [2.05, 4.69) is 22.8 Å². The molecule has 0 fully saturated rings. The van der Waals surface area contributed by atoms with Crippen molar-refractivity contribution in [3.05, 3.63) is 70.4 Å². The van der Waals surface area contributed by atoms with E-state index in [1.54, 1.807) is 6.07 Å². The minimum Gasteiger partial charge on any atom is -0.508 e. The second-order valence-corrected chi connectivity index (χ2v) is 5.84. The molecule has 1 aromatic heterocycles. The van der Waals surface area contributed by atoms with Crippen LogP contribution in [0, 0.1) is 6.92 Å². The Morgan fingerprint density at radius 3 is 2.59 bits per heavy atom. The molecular formula is C19H17ClNO+. The third-order valence-electron chi connectivity index (χ3n) is 3.84. The molecule has 0 unspecified atom stereocenters. The Labute approximate surface area is 134 Å². The van der Waals surface area contributed by atoms with Gasteiger partial charge >= 0.3 is 0 Å². The number of phenolic OH excluding ortho intramolecular Hbond substituents is 1. The summed E-state index contributed by atoms with van der Waals surface area (Å²) >= 11 is 6.04. The normalized spacial score (nSPS) is 11.4. The van der Waals surface area contributed by atoms with Crippen LogP contribution in [0.5, 0.6) is 5.75 Å². The minimum atomic E-state index is 0.324. The van der Waals surface area contributed by atoms with E-state index in [1.165, 1.54) is 0 Å². The largest absolute Gasteiger partial charge is 0.508 e. The van der Waals surface area contributed by atoms with Crippen molar-refractivity contribution in [3.63, 3.8) is 0 Å². The molecule has 0 aliphatic rings. The highest BCUT2D eigenvalue weighted by molar-refractivity contribution is 6.31. The quantitative estimate of drug-likeness (QED) is 0.692. The van der Waals surface area contributed by atoms with E-state index in [4.69, 9.17) is 11.6 Å². The van der Waals surface area contributed by atoms with Gasteiger partial charge in [0.05, 0.1) is 0 Å². The van der Waals surface area contributed by atoms with Gasteiger partial charge in [0.1, 0.15) is 12.8 Å². The Hall–Kier alpha value is -2.32. The van der Waals surface area contributed by atoms with Crippen LogP contribution in [0.15, 0.2) is 48.5 Å². The molecule has 3 rings (SSSR count). The molecule has 0 spiro atoms. The van der Waals surface area contributed by atoms with E-state index < -0.39 is 0 Å². The summed E-state index contributed by atoms with van der Waals surface area (Å²) in [5.41, 5.74) is 4.17. The topological polar surface area (TPSA) is 24.1 Å². The van der Waals surface area contributed by atoms with Gasteiger partial charge in [-0.2, -0.15) is 4.57 Å². The fraction of sp³-hybridized carbons (Fsp3) is 0.105. The molecule has 22 heavy (non-hydrogen) atoms. The summed E-state index contributed by atoms with van der Waals surface area (Å²) in [6.07, 6.45) is 4.11. The Morgan fingerprint density at radius 1 is 1.00 bits per heavy atom. The van der Waals surface area contributed by atoms with Gasteiger partial charge in [0.25, 0.3) is 0 Å². The van der Waals surface area contributed by atoms with Gasteiger partial charge in [0, 0.05) is 28.6 Å². The fourth-order valence-electron chi connectivity index (χ4n) is 2.52. The molecule has 2 aromatic carbocycles. The molecule has 0 aliphatic heterocycles. The zero-order valence-corrected chi connectivity index (χ0v) is 13.3. The number of benzene rings is 2. The van der Waals surface area contributed by atoms with Crippen LogP contribution in [0.2, 0.25) is 5.02 Å². The van der Waals surface area contributed by atoms with Crippen molar-refractivity contribution < 1.29 is 9.67 Å². The minimum absolute atomic E-state index is 0.324. The van der Waals surface area contributed by atoms with E-state index in [0.717, 1.165) is 32.7 Å². The number of hydrogen-bond acceptors (Lipinski definition) is 1. The van der Waals surface area contributed by atoms with Crippen LogP contribution in [0.1, 0.15) is 16.8 Å². The van der Waals surface area contributed by atoms with Gasteiger partial charge in [-0.15, -0.1) is 0 Å². The summed E-state index contributed by atoms with van der Waals surface area (Å²) < 4.78 is 2.13. The van der Waals surface area contributed by atoms with Gasteiger partial charge in [-0.05, 0) is 54.5 Å². The molecule has 3 heteroatoms. The standard InChI is InChI=1S/C19H16ClNO/c1-13-11-14(4-10-19(13)22)3-7-17-8-5-15-12-16(20)6-9-18(15)21(17)2/h3-12H,1-2H3/p+1. The first-order valence-corrected chi connectivity index (χ1v) is 7.48. The van der Waals surface area contributed by atoms with Gasteiger partial charge in [0.2, 0.25) is 11.2 Å². The first-order valence-electron chi connectivity index (χ1n) is 7.10. The van der Waals surface area contributed by atoms with Crippen molar-refractivity contribution in [2.45, 2.75) is 6.92 Å². The zero-order valence-electron chi connectivity index (χ0n) is 12.5. The van der Waals surface area contributed by atoms with Crippen LogP contribution in [0.4, 0.5) is 0 Å². The maximum atomic E-state index is 9.57. The molecule has 2 nitrogen and oxygen atoms in total. The summed E-state index contributed by atoms with van der Waals surface area (Å²) in [6.45, 7) is 1.90. The molecular weight excluding hydrogens is 294 g/mol. The summed E-state index contributed by atoms with van der Waals surface area (Å²) in [5.74, 6) is 0.324. The smallest absolute Gasteiger partial charge is 0.212 e. The first-order chi connectivity index (χ1) is 10.5. The van der Waals surface area contributed by atoms with Gasteiger partial charge < -0.3 is 5.11 Å². The highest BCUT2D eigenvalue weighted by atomic mass is 35.5. The Kier molecular flexibility index (Phi) is 3.86. The van der Waals surface area contributed by atoms with Gasteiger partial charge in [-0.1, -0.05) is 17.7 Å². The van der Waals surface area contributed by atoms with Crippen LogP contribution in [0.25, 0.3) is 23.1 Å². The average Bonchev–Trinajstić information content (AvgIpc) is 2.50. The number of halogens is 1. The lowest BCUT2D eigenvalue weighted by molar-refractivity contribution is -0.646. The maximum absolute atomic E-state index is 9.57. The Balaban J connectivity index is 1.99. The number of rotatable bonds is 2. The molecule has 1 heterocycles. The maximum Gasteiger partial charge on any atom is 0.212 e. The second-order valence-electron chi connectivity index (χ2n) is 5.40. The lowest BCUT2D eigenvalue weighted by atomic mass is 10.1. The van der Waals surface area contributed by atoms with Crippen molar-refractivity contribution in [2.75, 3.05) is 0 Å². The van der Waals surface area contributed by atoms with Gasteiger partial charge in [-0.3, -0.25) is 0 Å². The van der Waals surface area contributed by atoms with E-state index in [0.29, 0.717) is 5.75 Å². The van der Waals surface area contributed by atoms with Gasteiger partial charge in [-0.25, -0.2) is 0 Å². The van der Waals surface area contributed by atoms with Crippen molar-refractivity contribution in [1.29, 1.82) is 0 Å². The highest BCUT2D eigenvalue weighted by Gasteiger charge is 2.09. The van der Waals surface area contributed by atoms with Crippen molar-refractivity contribution in [1.82, 2.24) is 0 Å². The van der Waals surface area contributed by atoms with Crippen molar-refractivity contribution in [3.8, 4) is 5.75 Å². The molecule has 0 aliphatic carbocycles. The number of phenols is 1. The fourth-order valence-corrected chi connectivity index (χ4v) is 2.70. The van der Waals surface area contributed by atoms with Gasteiger partial charge in [0.15, 0.2) is 0 Å². The molecule has 0 bridgehead atoms. The van der Waals surface area contributed by atoms with E-state index in [9.17, 15) is 5.11 Å². The van der Waals surface area contributed by atoms with E-state index in [-0.39, 0.29) is 0 Å². The van der Waals surface area contributed by atoms with Crippen molar-refractivity contribution in [2.24, 2.45) is 7.05 Å². The van der Waals surface area contributed by atoms with E-state index in [1.807, 2.05) is 50.4 Å². The van der Waals surface area contributed by atoms with E-state index >= 15 is 0 Å². The molecule has 0 saturated carbocycles. The summed E-state index contributed by atoms with van der Waals surface area (Å²) in [5, 5.41) is 11.4. The van der Waals surface area contributed by atoms with Crippen LogP contribution < -0.4 is 4.57 Å². The molecule has 1 N–H and O–H groups in total. The predicted molar refractivity (Wildman–Crippen MR) is 91.9 cm³/mol. The Bertz CT molecular complexity index is 884. The molecule has 0 radical (unpaired) electrons. The third-order valence-corrected chi connectivity index (χ3v) is 4.07. The highest BCUT2D eigenvalue weighted by Crippen LogP contribution is 2.20. The predicted octanol–water partition coefficient (Wildman–Crippen LogP) is 4.50. The SMILES string of the molecule is Cc1cc(C=Cc2ccc3cc(Cl)ccc3[n+]2C)ccc1O. The number of aromatic nitrogens is 1. The van der Waals surface area contributed by atoms with Crippen LogP contribution in [-0.4, -0.2) is 5.11 Å². The molecule has 110 valence electrons. The number of aryl methyl sites for hydroxylation is 2. The number of nitrogens with zero attached hydrogens (tertiary/aromatic N) is 1. The number of hydrogen-bond donors (Lipinski definition) is 1. The number of pyridine rings is 1. The summed E-state index contributed by atoms with van der Waals surface area (Å²) in [7, 11) is 2.04. The summed E-state index contributed by atoms with van der Waals surface area (Å²) in [4.78, 5) is 0. The lowest BCUT2D eigenvalue weighted by Crippen LogP contribution is -2.32. The first kappa shape index (κ1) is 14.6. The lowest BCUT2D eigenvalue weighted by Gasteiger charge is -2.02. The van der Waals surface area contributed by atoms with Crippen LogP contribution >= 0.6 is 11.6 Å². The number of fused-ring (bicyclic) bond motifs is 1. The third kappa shape index (κ3) is 2.83. The molecule has 0 atom stereocenters. The molecule has 3 aromatic rings. The molecule has 0 saturated heterocycles. The Morgan fingerprint density at radius 2 is 1.82 bits per heavy atom. The van der Waals surface area contributed by atoms with Crippen LogP contribution in [-0.2, 0) is 7.05 Å². The second kappa shape index (κ2) is 5.82. The zero-order chi connectivity index (χ0) is 15.7. The monoisotopic (exact) mass is 310 g/mol. The molecule has 0 amide bonds. The number of aromatic hydroxyl groups is 1. The van der Waals surface area contributed by atoms with Crippen molar-refractivity contribution >= 4 is 34.7 Å². The summed E-state index contributed by atoms with van der Waals surface area (Å²) in [6, 6.07) is 15.6.